The number of benzene rings is 1. The van der Waals surface area contributed by atoms with E-state index in [2.05, 4.69) is 10.3 Å². The summed E-state index contributed by atoms with van der Waals surface area (Å²) >= 11 is 0. The molecular formula is C13H11N3O3. The van der Waals surface area contributed by atoms with Crippen LogP contribution in [0.2, 0.25) is 0 Å². The topological polar surface area (TPSA) is 85.1 Å². The van der Waals surface area contributed by atoms with E-state index >= 15 is 0 Å². The van der Waals surface area contributed by atoms with Crippen LogP contribution in [0.15, 0.2) is 42.7 Å². The number of rotatable bonds is 3. The van der Waals surface area contributed by atoms with E-state index in [4.69, 9.17) is 0 Å². The number of carbonyl (C=O) groups is 1. The number of nitrogens with one attached hydrogen (secondary N) is 1. The molecular weight excluding hydrogens is 246 g/mol. The van der Waals surface area contributed by atoms with Gasteiger partial charge in [-0.25, -0.2) is 0 Å². The molecule has 0 bridgehead atoms. The first kappa shape index (κ1) is 12.7. The third kappa shape index (κ3) is 2.92. The van der Waals surface area contributed by atoms with Gasteiger partial charge in [-0.05, 0) is 35.4 Å². The van der Waals surface area contributed by atoms with Gasteiger partial charge in [-0.1, -0.05) is 0 Å². The largest absolute Gasteiger partial charge is 0.321 e. The molecule has 0 unspecified atom stereocenters. The Morgan fingerprint density at radius 1 is 1.21 bits per heavy atom. The summed E-state index contributed by atoms with van der Waals surface area (Å²) in [6, 6.07) is 8.17. The maximum Gasteiger partial charge on any atom is 0.292 e. The highest BCUT2D eigenvalue weighted by molar-refractivity contribution is 5.92. The first-order chi connectivity index (χ1) is 9.08. The molecule has 1 heterocycles. The van der Waals surface area contributed by atoms with E-state index < -0.39 is 4.92 Å². The fraction of sp³-hybridized carbons (Fsp3) is 0.0769. The van der Waals surface area contributed by atoms with Gasteiger partial charge in [0, 0.05) is 25.4 Å². The van der Waals surface area contributed by atoms with Crippen LogP contribution in [-0.2, 0) is 4.79 Å². The second kappa shape index (κ2) is 5.26. The summed E-state index contributed by atoms with van der Waals surface area (Å²) in [6.45, 7) is 1.31. The third-order valence-corrected chi connectivity index (χ3v) is 2.52. The third-order valence-electron chi connectivity index (χ3n) is 2.52. The zero-order valence-electron chi connectivity index (χ0n) is 10.2. The summed E-state index contributed by atoms with van der Waals surface area (Å²) in [5, 5.41) is 13.4. The number of nitro benzene ring substituents is 1. The van der Waals surface area contributed by atoms with Gasteiger partial charge in [-0.2, -0.15) is 0 Å². The lowest BCUT2D eigenvalue weighted by molar-refractivity contribution is -0.383. The highest BCUT2D eigenvalue weighted by Gasteiger charge is 2.15. The lowest BCUT2D eigenvalue weighted by Crippen LogP contribution is -2.08. The van der Waals surface area contributed by atoms with Gasteiger partial charge in [-0.15, -0.1) is 0 Å². The normalized spacial score (nSPS) is 9.95. The molecule has 1 N–H and O–H groups in total. The number of anilines is 1. The van der Waals surface area contributed by atoms with Crippen molar-refractivity contribution in [3.8, 4) is 11.1 Å². The smallest absolute Gasteiger partial charge is 0.292 e. The zero-order valence-corrected chi connectivity index (χ0v) is 10.2. The minimum absolute atomic E-state index is 0.131. The van der Waals surface area contributed by atoms with Crippen molar-refractivity contribution in [3.63, 3.8) is 0 Å². The summed E-state index contributed by atoms with van der Waals surface area (Å²) in [5.41, 5.74) is 1.70. The fourth-order valence-electron chi connectivity index (χ4n) is 1.71. The molecule has 0 saturated carbocycles. The van der Waals surface area contributed by atoms with E-state index in [9.17, 15) is 14.9 Å². The number of aromatic nitrogens is 1. The van der Waals surface area contributed by atoms with Crippen LogP contribution < -0.4 is 5.32 Å². The highest BCUT2D eigenvalue weighted by Crippen LogP contribution is 2.30. The Morgan fingerprint density at radius 2 is 1.89 bits per heavy atom. The van der Waals surface area contributed by atoms with Gasteiger partial charge in [0.2, 0.25) is 5.91 Å². The van der Waals surface area contributed by atoms with Crippen molar-refractivity contribution in [1.82, 2.24) is 4.98 Å². The summed E-state index contributed by atoms with van der Waals surface area (Å²) < 4.78 is 0. The Morgan fingerprint density at radius 3 is 2.47 bits per heavy atom. The Labute approximate surface area is 109 Å². The van der Waals surface area contributed by atoms with Crippen molar-refractivity contribution in [2.45, 2.75) is 6.92 Å². The summed E-state index contributed by atoms with van der Waals surface area (Å²) in [7, 11) is 0. The maximum atomic E-state index is 11.1. The number of hydrogen-bond donors (Lipinski definition) is 1. The minimum atomic E-state index is -0.526. The number of nitro groups is 1. The molecule has 0 aliphatic rings. The summed E-state index contributed by atoms with van der Waals surface area (Å²) in [4.78, 5) is 25.4. The fourth-order valence-corrected chi connectivity index (χ4v) is 1.71. The van der Waals surface area contributed by atoms with Gasteiger partial charge >= 0.3 is 0 Å². The average Bonchev–Trinajstić information content (AvgIpc) is 2.38. The van der Waals surface area contributed by atoms with Crippen LogP contribution in [0.3, 0.4) is 0 Å². The molecule has 96 valence electrons. The predicted octanol–water partition coefficient (Wildman–Crippen LogP) is 2.62. The van der Waals surface area contributed by atoms with E-state index in [1.54, 1.807) is 36.7 Å². The second-order valence-electron chi connectivity index (χ2n) is 3.91. The molecule has 6 heteroatoms. The SMILES string of the molecule is CC(=O)Nc1cc(-c2ccncc2)ccc1[N+](=O)[O-]. The number of hydrogen-bond acceptors (Lipinski definition) is 4. The molecule has 0 aliphatic heterocycles. The van der Waals surface area contributed by atoms with E-state index in [-0.39, 0.29) is 17.3 Å². The van der Waals surface area contributed by atoms with Crippen LogP contribution in [0.4, 0.5) is 11.4 Å². The summed E-state index contributed by atoms with van der Waals surface area (Å²) in [5.74, 6) is -0.352. The van der Waals surface area contributed by atoms with Crippen LogP contribution in [0.25, 0.3) is 11.1 Å². The molecule has 2 rings (SSSR count). The Balaban J connectivity index is 2.49. The van der Waals surface area contributed by atoms with Crippen LogP contribution in [0.5, 0.6) is 0 Å². The molecule has 6 nitrogen and oxygen atoms in total. The number of amides is 1. The number of nitrogens with zero attached hydrogens (tertiary/aromatic N) is 2. The zero-order chi connectivity index (χ0) is 13.8. The van der Waals surface area contributed by atoms with E-state index in [0.29, 0.717) is 0 Å². The molecule has 19 heavy (non-hydrogen) atoms. The lowest BCUT2D eigenvalue weighted by Gasteiger charge is -2.07. The van der Waals surface area contributed by atoms with Gasteiger partial charge in [0.05, 0.1) is 4.92 Å². The van der Waals surface area contributed by atoms with E-state index in [0.717, 1.165) is 11.1 Å². The molecule has 2 aromatic rings. The predicted molar refractivity (Wildman–Crippen MR) is 70.6 cm³/mol. The first-order valence-electron chi connectivity index (χ1n) is 5.54. The van der Waals surface area contributed by atoms with Crippen LogP contribution in [0, 0.1) is 10.1 Å². The van der Waals surface area contributed by atoms with Crippen LogP contribution in [-0.4, -0.2) is 15.8 Å². The molecule has 0 saturated heterocycles. The minimum Gasteiger partial charge on any atom is -0.321 e. The van der Waals surface area contributed by atoms with Crippen molar-refractivity contribution < 1.29 is 9.72 Å². The van der Waals surface area contributed by atoms with E-state index in [1.807, 2.05) is 0 Å². The number of carbonyl (C=O) groups excluding carboxylic acids is 1. The Kier molecular flexibility index (Phi) is 3.51. The van der Waals surface area contributed by atoms with Crippen molar-refractivity contribution >= 4 is 17.3 Å². The highest BCUT2D eigenvalue weighted by atomic mass is 16.6. The molecule has 0 fully saturated rings. The standard InChI is InChI=1S/C13H11N3O3/c1-9(17)15-12-8-11(2-3-13(12)16(18)19)10-4-6-14-7-5-10/h2-8H,1H3,(H,15,17). The molecule has 1 aromatic heterocycles. The van der Waals surface area contributed by atoms with Gasteiger partial charge < -0.3 is 5.32 Å². The van der Waals surface area contributed by atoms with Crippen molar-refractivity contribution in [2.24, 2.45) is 0 Å². The Hall–Kier alpha value is -2.76. The molecule has 0 radical (unpaired) electrons. The van der Waals surface area contributed by atoms with Gasteiger partial charge in [-0.3, -0.25) is 19.9 Å². The lowest BCUT2D eigenvalue weighted by atomic mass is 10.1. The Bertz CT molecular complexity index is 626. The second-order valence-corrected chi connectivity index (χ2v) is 3.91. The average molecular weight is 257 g/mol. The quantitative estimate of drug-likeness (QED) is 0.676. The summed E-state index contributed by atoms with van der Waals surface area (Å²) in [6.07, 6.45) is 3.27. The van der Waals surface area contributed by atoms with Crippen molar-refractivity contribution in [1.29, 1.82) is 0 Å². The molecule has 0 aliphatic carbocycles. The van der Waals surface area contributed by atoms with Crippen LogP contribution in [0.1, 0.15) is 6.92 Å². The van der Waals surface area contributed by atoms with Gasteiger partial charge in [0.1, 0.15) is 5.69 Å². The number of pyridine rings is 1. The molecule has 0 spiro atoms. The molecule has 0 atom stereocenters. The monoisotopic (exact) mass is 257 g/mol. The molecule has 1 amide bonds. The van der Waals surface area contributed by atoms with E-state index in [1.165, 1.54) is 13.0 Å². The van der Waals surface area contributed by atoms with Crippen LogP contribution >= 0.6 is 0 Å². The van der Waals surface area contributed by atoms with Crippen molar-refractivity contribution in [2.75, 3.05) is 5.32 Å². The van der Waals surface area contributed by atoms with Crippen molar-refractivity contribution in [3.05, 3.63) is 52.8 Å². The molecule has 1 aromatic carbocycles. The first-order valence-corrected chi connectivity index (χ1v) is 5.54. The van der Waals surface area contributed by atoms with Gasteiger partial charge in [0.15, 0.2) is 0 Å². The van der Waals surface area contributed by atoms with Gasteiger partial charge in [0.25, 0.3) is 5.69 Å². The maximum absolute atomic E-state index is 11.1.